The number of nitrogens with one attached hydrogen (secondary N) is 2. The van der Waals surface area contributed by atoms with Crippen LogP contribution in [0.2, 0.25) is 5.02 Å². The maximum absolute atomic E-state index is 11.6. The molecule has 4 heteroatoms. The van der Waals surface area contributed by atoms with E-state index in [0.717, 1.165) is 5.57 Å². The molecule has 0 heterocycles. The number of amides is 2. The number of carbonyl (C=O) groups excluding carboxylic acids is 1. The van der Waals surface area contributed by atoms with Gasteiger partial charge in [0.1, 0.15) is 0 Å². The summed E-state index contributed by atoms with van der Waals surface area (Å²) in [7, 11) is 0. The number of hydrogen-bond donors (Lipinski definition) is 2. The molecule has 1 aromatic carbocycles. The molecule has 0 saturated carbocycles. The number of halogens is 1. The Morgan fingerprint density at radius 1 is 1.35 bits per heavy atom. The van der Waals surface area contributed by atoms with E-state index < -0.39 is 0 Å². The van der Waals surface area contributed by atoms with Crippen molar-refractivity contribution in [3.05, 3.63) is 41.1 Å². The molecule has 0 fully saturated rings. The second kappa shape index (κ2) is 6.30. The van der Waals surface area contributed by atoms with Crippen molar-refractivity contribution in [1.29, 1.82) is 0 Å². The van der Waals surface area contributed by atoms with Crippen LogP contribution in [-0.4, -0.2) is 6.03 Å². The Kier molecular flexibility index (Phi) is 5.04. The predicted molar refractivity (Wildman–Crippen MR) is 72.2 cm³/mol. The lowest BCUT2D eigenvalue weighted by Crippen LogP contribution is -2.24. The van der Waals surface area contributed by atoms with Gasteiger partial charge in [0.15, 0.2) is 0 Å². The Morgan fingerprint density at radius 2 is 2.00 bits per heavy atom. The minimum Gasteiger partial charge on any atom is -0.314 e. The zero-order chi connectivity index (χ0) is 12.8. The molecular formula is C13H17ClN2O. The number of carbonyl (C=O) groups is 1. The Hall–Kier alpha value is -1.48. The van der Waals surface area contributed by atoms with Gasteiger partial charge in [-0.15, -0.1) is 0 Å². The molecule has 0 aliphatic heterocycles. The first-order valence-electron chi connectivity index (χ1n) is 5.49. The molecular weight excluding hydrogens is 236 g/mol. The minimum absolute atomic E-state index is 0.293. The molecule has 0 bridgehead atoms. The van der Waals surface area contributed by atoms with Gasteiger partial charge < -0.3 is 10.6 Å². The normalized spacial score (nSPS) is 11.5. The molecule has 17 heavy (non-hydrogen) atoms. The monoisotopic (exact) mass is 252 g/mol. The largest absolute Gasteiger partial charge is 0.323 e. The average Bonchev–Trinajstić information content (AvgIpc) is 2.29. The first kappa shape index (κ1) is 13.6. The summed E-state index contributed by atoms with van der Waals surface area (Å²) in [5.74, 6) is 0.413. The second-order valence-electron chi connectivity index (χ2n) is 4.12. The Morgan fingerprint density at radius 3 is 2.59 bits per heavy atom. The lowest BCUT2D eigenvalue weighted by molar-refractivity contribution is 0.255. The van der Waals surface area contributed by atoms with E-state index in [1.807, 2.05) is 19.1 Å². The molecule has 0 atom stereocenters. The summed E-state index contributed by atoms with van der Waals surface area (Å²) in [4.78, 5) is 11.6. The highest BCUT2D eigenvalue weighted by molar-refractivity contribution is 6.33. The zero-order valence-electron chi connectivity index (χ0n) is 10.3. The summed E-state index contributed by atoms with van der Waals surface area (Å²) in [6.07, 6.45) is 1.71. The van der Waals surface area contributed by atoms with Crippen LogP contribution in [0.3, 0.4) is 0 Å². The van der Waals surface area contributed by atoms with E-state index in [1.165, 1.54) is 0 Å². The van der Waals surface area contributed by atoms with Crippen molar-refractivity contribution < 1.29 is 4.79 Å². The SMILES string of the molecule is C/C(=C\NC(=O)Nc1ccccc1Cl)C(C)C. The van der Waals surface area contributed by atoms with Crippen molar-refractivity contribution >= 4 is 23.3 Å². The number of allylic oxidation sites excluding steroid dienone is 1. The fraction of sp³-hybridized carbons (Fsp3) is 0.308. The first-order valence-corrected chi connectivity index (χ1v) is 5.87. The second-order valence-corrected chi connectivity index (χ2v) is 4.53. The summed E-state index contributed by atoms with van der Waals surface area (Å²) >= 11 is 5.92. The predicted octanol–water partition coefficient (Wildman–Crippen LogP) is 4.02. The van der Waals surface area contributed by atoms with Gasteiger partial charge in [-0.3, -0.25) is 0 Å². The number of para-hydroxylation sites is 1. The van der Waals surface area contributed by atoms with Gasteiger partial charge in [0.25, 0.3) is 0 Å². The third-order valence-corrected chi connectivity index (χ3v) is 2.79. The van der Waals surface area contributed by atoms with Crippen molar-refractivity contribution in [2.24, 2.45) is 5.92 Å². The molecule has 1 aromatic rings. The number of anilines is 1. The lowest BCUT2D eigenvalue weighted by Gasteiger charge is -2.08. The van der Waals surface area contributed by atoms with E-state index in [0.29, 0.717) is 16.6 Å². The van der Waals surface area contributed by atoms with E-state index in [2.05, 4.69) is 24.5 Å². The Balaban J connectivity index is 2.57. The Labute approximate surface area is 107 Å². The van der Waals surface area contributed by atoms with Crippen LogP contribution in [0.1, 0.15) is 20.8 Å². The van der Waals surface area contributed by atoms with Crippen molar-refractivity contribution in [2.45, 2.75) is 20.8 Å². The van der Waals surface area contributed by atoms with Gasteiger partial charge in [-0.05, 0) is 25.0 Å². The topological polar surface area (TPSA) is 41.1 Å². The van der Waals surface area contributed by atoms with Crippen LogP contribution >= 0.6 is 11.6 Å². The fourth-order valence-corrected chi connectivity index (χ4v) is 1.25. The van der Waals surface area contributed by atoms with Gasteiger partial charge in [-0.2, -0.15) is 0 Å². The maximum Gasteiger partial charge on any atom is 0.323 e. The van der Waals surface area contributed by atoms with Gasteiger partial charge in [0.05, 0.1) is 10.7 Å². The molecule has 0 aromatic heterocycles. The fourth-order valence-electron chi connectivity index (χ4n) is 1.07. The third-order valence-electron chi connectivity index (χ3n) is 2.46. The van der Waals surface area contributed by atoms with E-state index >= 15 is 0 Å². The summed E-state index contributed by atoms with van der Waals surface area (Å²) < 4.78 is 0. The molecule has 2 amide bonds. The molecule has 0 saturated heterocycles. The van der Waals surface area contributed by atoms with Crippen LogP contribution in [0.4, 0.5) is 10.5 Å². The highest BCUT2D eigenvalue weighted by atomic mass is 35.5. The highest BCUT2D eigenvalue weighted by Gasteiger charge is 2.03. The summed E-state index contributed by atoms with van der Waals surface area (Å²) in [5.41, 5.74) is 1.71. The van der Waals surface area contributed by atoms with Crippen LogP contribution in [0.25, 0.3) is 0 Å². The molecule has 1 rings (SSSR count). The van der Waals surface area contributed by atoms with Crippen LogP contribution in [0.5, 0.6) is 0 Å². The van der Waals surface area contributed by atoms with Crippen molar-refractivity contribution in [1.82, 2.24) is 5.32 Å². The third kappa shape index (κ3) is 4.49. The van der Waals surface area contributed by atoms with Crippen LogP contribution < -0.4 is 10.6 Å². The molecule has 0 radical (unpaired) electrons. The molecule has 0 aliphatic carbocycles. The summed E-state index contributed by atoms with van der Waals surface area (Å²) in [6.45, 7) is 6.11. The summed E-state index contributed by atoms with van der Waals surface area (Å²) in [5, 5.41) is 5.87. The smallest absolute Gasteiger partial charge is 0.314 e. The molecule has 0 aliphatic rings. The minimum atomic E-state index is -0.293. The lowest BCUT2D eigenvalue weighted by atomic mass is 10.1. The van der Waals surface area contributed by atoms with Crippen LogP contribution in [-0.2, 0) is 0 Å². The molecule has 2 N–H and O–H groups in total. The molecule has 3 nitrogen and oxygen atoms in total. The first-order chi connectivity index (χ1) is 8.00. The standard InChI is InChI=1S/C13H17ClN2O/c1-9(2)10(3)8-15-13(17)16-12-7-5-4-6-11(12)14/h4-9H,1-3H3,(H2,15,16,17)/b10-8+. The van der Waals surface area contributed by atoms with E-state index in [-0.39, 0.29) is 6.03 Å². The highest BCUT2D eigenvalue weighted by Crippen LogP contribution is 2.20. The van der Waals surface area contributed by atoms with E-state index in [9.17, 15) is 4.79 Å². The maximum atomic E-state index is 11.6. The quantitative estimate of drug-likeness (QED) is 0.838. The van der Waals surface area contributed by atoms with Crippen molar-refractivity contribution in [3.63, 3.8) is 0 Å². The van der Waals surface area contributed by atoms with E-state index in [4.69, 9.17) is 11.6 Å². The Bertz CT molecular complexity index is 427. The zero-order valence-corrected chi connectivity index (χ0v) is 11.0. The van der Waals surface area contributed by atoms with E-state index in [1.54, 1.807) is 18.3 Å². The van der Waals surface area contributed by atoms with Crippen LogP contribution in [0.15, 0.2) is 36.0 Å². The molecule has 0 spiro atoms. The number of urea groups is 1. The summed E-state index contributed by atoms with van der Waals surface area (Å²) in [6, 6.07) is 6.82. The van der Waals surface area contributed by atoms with Gasteiger partial charge in [0, 0.05) is 6.20 Å². The van der Waals surface area contributed by atoms with Gasteiger partial charge in [-0.1, -0.05) is 43.2 Å². The number of rotatable bonds is 3. The average molecular weight is 253 g/mol. The van der Waals surface area contributed by atoms with Gasteiger partial charge >= 0.3 is 6.03 Å². The number of hydrogen-bond acceptors (Lipinski definition) is 1. The van der Waals surface area contributed by atoms with Gasteiger partial charge in [0.2, 0.25) is 0 Å². The van der Waals surface area contributed by atoms with Crippen molar-refractivity contribution in [2.75, 3.05) is 5.32 Å². The molecule has 0 unspecified atom stereocenters. The van der Waals surface area contributed by atoms with Crippen LogP contribution in [0, 0.1) is 5.92 Å². The molecule has 92 valence electrons. The number of benzene rings is 1. The van der Waals surface area contributed by atoms with Crippen molar-refractivity contribution in [3.8, 4) is 0 Å². The van der Waals surface area contributed by atoms with Gasteiger partial charge in [-0.25, -0.2) is 4.79 Å².